The van der Waals surface area contributed by atoms with Gasteiger partial charge in [0.05, 0.1) is 10.6 Å². The van der Waals surface area contributed by atoms with Crippen LogP contribution in [0.4, 0.5) is 0 Å². The molecule has 8 nitrogen and oxygen atoms in total. The molecule has 0 spiro atoms. The third-order valence-corrected chi connectivity index (χ3v) is 5.34. The normalized spacial score (nSPS) is 11.7. The lowest BCUT2D eigenvalue weighted by Crippen LogP contribution is -2.25. The largest absolute Gasteiger partial charge is 0.346 e. The standard InChI is InChI=1S/C17H19N5O3S/c1-10-14(11(2)22(3)21-10)9-20-17(23)16-13-5-4-6-15(26(18,24)25)12(13)7-8-19-16/h4-8H,9H2,1-3H3,(H,20,23)(H2,18,24,25). The third kappa shape index (κ3) is 3.18. The minimum absolute atomic E-state index is 0.0367. The highest BCUT2D eigenvalue weighted by Crippen LogP contribution is 2.24. The molecule has 0 bridgehead atoms. The summed E-state index contributed by atoms with van der Waals surface area (Å²) in [6.07, 6.45) is 1.40. The molecule has 0 atom stereocenters. The number of amides is 1. The maximum Gasteiger partial charge on any atom is 0.270 e. The van der Waals surface area contributed by atoms with E-state index in [0.717, 1.165) is 17.0 Å². The molecule has 3 rings (SSSR count). The summed E-state index contributed by atoms with van der Waals surface area (Å²) in [5, 5.41) is 13.2. The molecule has 0 aliphatic carbocycles. The molecule has 3 N–H and O–H groups in total. The highest BCUT2D eigenvalue weighted by atomic mass is 32.2. The lowest BCUT2D eigenvalue weighted by molar-refractivity contribution is 0.0947. The van der Waals surface area contributed by atoms with E-state index in [4.69, 9.17) is 5.14 Å². The number of carbonyl (C=O) groups excluding carboxylic acids is 1. The van der Waals surface area contributed by atoms with Crippen molar-refractivity contribution < 1.29 is 13.2 Å². The van der Waals surface area contributed by atoms with E-state index in [2.05, 4.69) is 15.4 Å². The van der Waals surface area contributed by atoms with Gasteiger partial charge in [0, 0.05) is 41.8 Å². The Morgan fingerprint density at radius 3 is 2.58 bits per heavy atom. The number of hydrogen-bond donors (Lipinski definition) is 2. The number of hydrogen-bond acceptors (Lipinski definition) is 5. The fraction of sp³-hybridized carbons (Fsp3) is 0.235. The lowest BCUT2D eigenvalue weighted by atomic mass is 10.1. The van der Waals surface area contributed by atoms with E-state index in [-0.39, 0.29) is 10.6 Å². The average Bonchev–Trinajstić information content (AvgIpc) is 2.83. The summed E-state index contributed by atoms with van der Waals surface area (Å²) in [6, 6.07) is 6.12. The molecule has 1 aromatic carbocycles. The molecular formula is C17H19N5O3S. The van der Waals surface area contributed by atoms with E-state index >= 15 is 0 Å². The van der Waals surface area contributed by atoms with Gasteiger partial charge >= 0.3 is 0 Å². The van der Waals surface area contributed by atoms with E-state index in [0.29, 0.717) is 17.3 Å². The van der Waals surface area contributed by atoms with Crippen LogP contribution in [0, 0.1) is 13.8 Å². The first-order chi connectivity index (χ1) is 12.2. The summed E-state index contributed by atoms with van der Waals surface area (Å²) in [6.45, 7) is 4.11. The Balaban J connectivity index is 1.97. The molecule has 0 saturated heterocycles. The molecular weight excluding hydrogens is 354 g/mol. The predicted octanol–water partition coefficient (Wildman–Crippen LogP) is 1.16. The summed E-state index contributed by atoms with van der Waals surface area (Å²) < 4.78 is 25.3. The Labute approximate surface area is 151 Å². The van der Waals surface area contributed by atoms with Crippen LogP contribution in [0.15, 0.2) is 35.4 Å². The topological polar surface area (TPSA) is 120 Å². The van der Waals surface area contributed by atoms with Crippen molar-refractivity contribution >= 4 is 26.7 Å². The molecule has 3 aromatic rings. The van der Waals surface area contributed by atoms with Gasteiger partial charge in [-0.05, 0) is 26.0 Å². The number of nitrogens with zero attached hydrogens (tertiary/aromatic N) is 3. The van der Waals surface area contributed by atoms with Crippen LogP contribution in [-0.2, 0) is 23.6 Å². The van der Waals surface area contributed by atoms with Crippen LogP contribution < -0.4 is 10.5 Å². The van der Waals surface area contributed by atoms with Crippen molar-refractivity contribution in [2.24, 2.45) is 12.2 Å². The second kappa shape index (κ2) is 6.50. The van der Waals surface area contributed by atoms with E-state index in [1.807, 2.05) is 20.9 Å². The number of aryl methyl sites for hydroxylation is 2. The van der Waals surface area contributed by atoms with Crippen molar-refractivity contribution in [3.63, 3.8) is 0 Å². The molecule has 2 aromatic heterocycles. The summed E-state index contributed by atoms with van der Waals surface area (Å²) in [4.78, 5) is 16.7. The van der Waals surface area contributed by atoms with Crippen LogP contribution in [-0.4, -0.2) is 29.1 Å². The van der Waals surface area contributed by atoms with Gasteiger partial charge in [-0.1, -0.05) is 12.1 Å². The van der Waals surface area contributed by atoms with Gasteiger partial charge in [-0.15, -0.1) is 0 Å². The molecule has 0 saturated carbocycles. The fourth-order valence-corrected chi connectivity index (χ4v) is 3.69. The Hall–Kier alpha value is -2.78. The maximum absolute atomic E-state index is 12.6. The molecule has 26 heavy (non-hydrogen) atoms. The molecule has 0 unspecified atom stereocenters. The van der Waals surface area contributed by atoms with Crippen molar-refractivity contribution in [1.29, 1.82) is 0 Å². The number of rotatable bonds is 4. The van der Waals surface area contributed by atoms with Crippen LogP contribution in [0.25, 0.3) is 10.8 Å². The van der Waals surface area contributed by atoms with Crippen LogP contribution in [0.1, 0.15) is 27.4 Å². The Kier molecular flexibility index (Phi) is 4.51. The van der Waals surface area contributed by atoms with Gasteiger partial charge in [0.1, 0.15) is 5.69 Å². The molecule has 9 heteroatoms. The second-order valence-electron chi connectivity index (χ2n) is 6.01. The summed E-state index contributed by atoms with van der Waals surface area (Å²) in [7, 11) is -2.06. The number of fused-ring (bicyclic) bond motifs is 1. The smallest absolute Gasteiger partial charge is 0.270 e. The minimum atomic E-state index is -3.91. The van der Waals surface area contributed by atoms with Crippen LogP contribution in [0.2, 0.25) is 0 Å². The van der Waals surface area contributed by atoms with Crippen LogP contribution in [0.3, 0.4) is 0 Å². The first kappa shape index (κ1) is 18.0. The number of nitrogens with two attached hydrogens (primary N) is 1. The number of carbonyl (C=O) groups is 1. The fourth-order valence-electron chi connectivity index (χ4n) is 2.93. The second-order valence-corrected chi connectivity index (χ2v) is 7.54. The van der Waals surface area contributed by atoms with Crippen molar-refractivity contribution in [3.05, 3.63) is 53.1 Å². The zero-order valence-corrected chi connectivity index (χ0v) is 15.5. The SMILES string of the molecule is Cc1nn(C)c(C)c1CNC(=O)c1nccc2c(S(N)(=O)=O)cccc12. The molecule has 2 heterocycles. The van der Waals surface area contributed by atoms with Crippen molar-refractivity contribution in [2.45, 2.75) is 25.3 Å². The minimum Gasteiger partial charge on any atom is -0.346 e. The van der Waals surface area contributed by atoms with Gasteiger partial charge < -0.3 is 5.32 Å². The summed E-state index contributed by atoms with van der Waals surface area (Å²) in [5.74, 6) is -0.398. The zero-order valence-electron chi connectivity index (χ0n) is 14.6. The van der Waals surface area contributed by atoms with Gasteiger partial charge in [-0.2, -0.15) is 5.10 Å². The van der Waals surface area contributed by atoms with Gasteiger partial charge in [0.2, 0.25) is 10.0 Å². The molecule has 0 aliphatic heterocycles. The quantitative estimate of drug-likeness (QED) is 0.711. The third-order valence-electron chi connectivity index (χ3n) is 4.37. The predicted molar refractivity (Wildman–Crippen MR) is 97.0 cm³/mol. The Morgan fingerprint density at radius 1 is 1.23 bits per heavy atom. The number of primary sulfonamides is 1. The highest BCUT2D eigenvalue weighted by Gasteiger charge is 2.18. The van der Waals surface area contributed by atoms with Gasteiger partial charge in [0.15, 0.2) is 0 Å². The van der Waals surface area contributed by atoms with Crippen LogP contribution in [0.5, 0.6) is 0 Å². The van der Waals surface area contributed by atoms with Crippen molar-refractivity contribution in [1.82, 2.24) is 20.1 Å². The molecule has 0 fully saturated rings. The summed E-state index contributed by atoms with van der Waals surface area (Å²) in [5.41, 5.74) is 2.89. The lowest BCUT2D eigenvalue weighted by Gasteiger charge is -2.09. The Bertz CT molecular complexity index is 1120. The summed E-state index contributed by atoms with van der Waals surface area (Å²) >= 11 is 0. The number of benzene rings is 1. The number of sulfonamides is 1. The van der Waals surface area contributed by atoms with Crippen LogP contribution >= 0.6 is 0 Å². The van der Waals surface area contributed by atoms with E-state index in [1.165, 1.54) is 24.4 Å². The molecule has 0 aliphatic rings. The number of aromatic nitrogens is 3. The first-order valence-electron chi connectivity index (χ1n) is 7.88. The van der Waals surface area contributed by atoms with Crippen molar-refractivity contribution in [3.8, 4) is 0 Å². The maximum atomic E-state index is 12.6. The Morgan fingerprint density at radius 2 is 1.96 bits per heavy atom. The monoisotopic (exact) mass is 373 g/mol. The number of nitrogens with one attached hydrogen (secondary N) is 1. The van der Waals surface area contributed by atoms with Gasteiger partial charge in [-0.25, -0.2) is 13.6 Å². The first-order valence-corrected chi connectivity index (χ1v) is 9.42. The highest BCUT2D eigenvalue weighted by molar-refractivity contribution is 7.89. The number of pyridine rings is 1. The average molecular weight is 373 g/mol. The van der Waals surface area contributed by atoms with Gasteiger partial charge in [0.25, 0.3) is 5.91 Å². The van der Waals surface area contributed by atoms with E-state index in [1.54, 1.807) is 10.7 Å². The zero-order chi connectivity index (χ0) is 19.1. The molecule has 1 amide bonds. The van der Waals surface area contributed by atoms with E-state index < -0.39 is 15.9 Å². The van der Waals surface area contributed by atoms with E-state index in [9.17, 15) is 13.2 Å². The van der Waals surface area contributed by atoms with Crippen molar-refractivity contribution in [2.75, 3.05) is 0 Å². The van der Waals surface area contributed by atoms with Gasteiger partial charge in [-0.3, -0.25) is 14.5 Å². The molecule has 136 valence electrons. The molecule has 0 radical (unpaired) electrons.